The van der Waals surface area contributed by atoms with Crippen molar-refractivity contribution in [3.05, 3.63) is 81.4 Å². The first-order valence-electron chi connectivity index (χ1n) is 6.95. The van der Waals surface area contributed by atoms with Gasteiger partial charge in [-0.3, -0.25) is 4.79 Å². The summed E-state index contributed by atoms with van der Waals surface area (Å²) < 4.78 is 6.65. The first-order valence-corrected chi connectivity index (χ1v) is 8.03. The topological polar surface area (TPSA) is 26.3 Å². The Morgan fingerprint density at radius 2 is 1.45 bits per heavy atom. The number of carbonyl (C=O) groups excluding carboxylic acids is 1. The zero-order valence-electron chi connectivity index (χ0n) is 11.5. The molecule has 0 atom stereocenters. The molecule has 0 bridgehead atoms. The van der Waals surface area contributed by atoms with Crippen LogP contribution in [0.25, 0.3) is 16.5 Å². The molecule has 4 rings (SSSR count). The number of hydrogen-bond acceptors (Lipinski definition) is 2. The van der Waals surface area contributed by atoms with Crippen molar-refractivity contribution in [3.63, 3.8) is 0 Å². The first-order chi connectivity index (χ1) is 10.8. The fourth-order valence-corrected chi connectivity index (χ4v) is 3.46. The van der Waals surface area contributed by atoms with Gasteiger partial charge in [-0.25, -0.2) is 0 Å². The van der Waals surface area contributed by atoms with Crippen molar-refractivity contribution in [1.82, 2.24) is 0 Å². The van der Waals surface area contributed by atoms with Crippen molar-refractivity contribution in [2.75, 3.05) is 0 Å². The molecule has 0 spiro atoms. The summed E-state index contributed by atoms with van der Waals surface area (Å²) in [6.45, 7) is 0. The predicted molar refractivity (Wildman–Crippen MR) is 96.3 cm³/mol. The Labute approximate surface area is 141 Å². The van der Waals surface area contributed by atoms with Gasteiger partial charge in [0.15, 0.2) is 5.76 Å². The summed E-state index contributed by atoms with van der Waals surface area (Å²) in [5.41, 5.74) is 1.72. The van der Waals surface area contributed by atoms with Crippen LogP contribution < -0.4 is 4.74 Å². The van der Waals surface area contributed by atoms with Gasteiger partial charge < -0.3 is 4.74 Å². The van der Waals surface area contributed by atoms with Gasteiger partial charge in [-0.2, -0.15) is 0 Å². The van der Waals surface area contributed by atoms with Gasteiger partial charge in [0.25, 0.3) is 0 Å². The summed E-state index contributed by atoms with van der Waals surface area (Å²) in [5.74, 6) is 1.40. The molecular formula is C19H11IO2. The highest BCUT2D eigenvalue weighted by Crippen LogP contribution is 2.39. The normalized spacial score (nSPS) is 13.6. The molecule has 0 saturated heterocycles. The smallest absolute Gasteiger partial charge is 0.203 e. The van der Waals surface area contributed by atoms with E-state index in [9.17, 15) is 4.79 Å². The molecule has 22 heavy (non-hydrogen) atoms. The highest BCUT2D eigenvalue weighted by Gasteiger charge is 2.27. The third-order valence-corrected chi connectivity index (χ3v) is 4.74. The van der Waals surface area contributed by atoms with E-state index in [1.807, 2.05) is 66.7 Å². The molecule has 3 aromatic rings. The van der Waals surface area contributed by atoms with E-state index >= 15 is 0 Å². The van der Waals surface area contributed by atoms with E-state index in [1.54, 1.807) is 0 Å². The lowest BCUT2D eigenvalue weighted by Crippen LogP contribution is -2.12. The summed E-state index contributed by atoms with van der Waals surface area (Å²) in [6, 6.07) is 21.4. The second-order valence-electron chi connectivity index (χ2n) is 5.10. The van der Waals surface area contributed by atoms with Gasteiger partial charge in [0, 0.05) is 16.5 Å². The lowest BCUT2D eigenvalue weighted by Gasteiger charge is -2.20. The number of allylic oxidation sites excluding steroid dienone is 1. The van der Waals surface area contributed by atoms with Crippen LogP contribution in [0.1, 0.15) is 15.9 Å². The number of carbonyl (C=O) groups is 1. The molecule has 1 aliphatic rings. The van der Waals surface area contributed by atoms with Crippen LogP contribution in [0.4, 0.5) is 0 Å². The highest BCUT2D eigenvalue weighted by atomic mass is 127. The summed E-state index contributed by atoms with van der Waals surface area (Å²) >= 11 is 2.08. The zero-order chi connectivity index (χ0) is 15.1. The van der Waals surface area contributed by atoms with E-state index in [1.165, 1.54) is 0 Å². The first kappa shape index (κ1) is 13.5. The second kappa shape index (κ2) is 5.25. The van der Waals surface area contributed by atoms with Crippen molar-refractivity contribution < 1.29 is 9.53 Å². The third kappa shape index (κ3) is 2.04. The van der Waals surface area contributed by atoms with E-state index < -0.39 is 0 Å². The van der Waals surface area contributed by atoms with Crippen molar-refractivity contribution >= 4 is 44.9 Å². The van der Waals surface area contributed by atoms with Crippen LogP contribution in [0.15, 0.2) is 70.3 Å². The van der Waals surface area contributed by atoms with Crippen LogP contribution in [-0.4, -0.2) is 5.78 Å². The third-order valence-electron chi connectivity index (χ3n) is 3.76. The minimum atomic E-state index is 0.0239. The van der Waals surface area contributed by atoms with Crippen molar-refractivity contribution in [2.45, 2.75) is 0 Å². The number of benzene rings is 3. The molecule has 0 aliphatic heterocycles. The van der Waals surface area contributed by atoms with Crippen LogP contribution in [-0.2, 0) is 0 Å². The second-order valence-corrected chi connectivity index (χ2v) is 6.18. The van der Waals surface area contributed by atoms with Gasteiger partial charge >= 0.3 is 0 Å². The molecular weight excluding hydrogens is 387 g/mol. The van der Waals surface area contributed by atoms with E-state index in [4.69, 9.17) is 4.74 Å². The molecule has 0 unspecified atom stereocenters. The Kier molecular flexibility index (Phi) is 3.22. The number of hydrogen-bond donors (Lipinski definition) is 0. The molecule has 3 heteroatoms. The van der Waals surface area contributed by atoms with Gasteiger partial charge in [-0.05, 0) is 40.1 Å². The maximum absolute atomic E-state index is 12.7. The molecule has 3 aromatic carbocycles. The minimum absolute atomic E-state index is 0.0239. The number of ketones is 1. The lowest BCUT2D eigenvalue weighted by molar-refractivity contribution is 0.104. The van der Waals surface area contributed by atoms with Crippen LogP contribution >= 0.6 is 22.6 Å². The maximum atomic E-state index is 12.7. The van der Waals surface area contributed by atoms with Gasteiger partial charge in [0.2, 0.25) is 5.78 Å². The summed E-state index contributed by atoms with van der Waals surface area (Å²) in [4.78, 5) is 12.7. The molecule has 106 valence electrons. The van der Waals surface area contributed by atoms with E-state index in [-0.39, 0.29) is 5.78 Å². The molecule has 0 heterocycles. The molecule has 0 saturated carbocycles. The highest BCUT2D eigenvalue weighted by molar-refractivity contribution is 14.1. The SMILES string of the molecule is O=C1C(I)=C(Oc2ccccc2)c2cccc3cccc1c23. The Hall–Kier alpha value is -2.14. The predicted octanol–water partition coefficient (Wildman–Crippen LogP) is 5.22. The Morgan fingerprint density at radius 1 is 0.773 bits per heavy atom. The maximum Gasteiger partial charge on any atom is 0.203 e. The van der Waals surface area contributed by atoms with Crippen molar-refractivity contribution in [3.8, 4) is 5.75 Å². The van der Waals surface area contributed by atoms with Gasteiger partial charge in [0.1, 0.15) is 9.33 Å². The minimum Gasteiger partial charge on any atom is -0.455 e. The zero-order valence-corrected chi connectivity index (χ0v) is 13.7. The Balaban J connectivity index is 1.96. The van der Waals surface area contributed by atoms with E-state index in [2.05, 4.69) is 22.6 Å². The Bertz CT molecular complexity index is 921. The fraction of sp³-hybridized carbons (Fsp3) is 0. The number of para-hydroxylation sites is 1. The average molecular weight is 398 g/mol. The molecule has 0 amide bonds. The molecule has 2 nitrogen and oxygen atoms in total. The summed E-state index contributed by atoms with van der Waals surface area (Å²) in [6.07, 6.45) is 0. The lowest BCUT2D eigenvalue weighted by atomic mass is 9.91. The monoisotopic (exact) mass is 398 g/mol. The quantitative estimate of drug-likeness (QED) is 0.554. The molecule has 0 aromatic heterocycles. The van der Waals surface area contributed by atoms with Gasteiger partial charge in [-0.1, -0.05) is 54.6 Å². The average Bonchev–Trinajstić information content (AvgIpc) is 2.57. The largest absolute Gasteiger partial charge is 0.455 e. The number of ether oxygens (including phenoxy) is 1. The number of rotatable bonds is 2. The fourth-order valence-electron chi connectivity index (χ4n) is 2.77. The van der Waals surface area contributed by atoms with E-state index in [0.29, 0.717) is 9.34 Å². The molecule has 0 N–H and O–H groups in total. The van der Waals surface area contributed by atoms with Crippen LogP contribution in [0.3, 0.4) is 0 Å². The van der Waals surface area contributed by atoms with Crippen LogP contribution in [0.5, 0.6) is 5.75 Å². The molecule has 0 fully saturated rings. The summed E-state index contributed by atoms with van der Waals surface area (Å²) in [5, 5.41) is 2.03. The number of Topliss-reactive ketones (excluding diaryl/α,β-unsaturated/α-hetero) is 1. The Morgan fingerprint density at radius 3 is 2.18 bits per heavy atom. The van der Waals surface area contributed by atoms with Crippen LogP contribution in [0.2, 0.25) is 0 Å². The van der Waals surface area contributed by atoms with Gasteiger partial charge in [0.05, 0.1) is 0 Å². The van der Waals surface area contributed by atoms with Crippen molar-refractivity contribution in [2.24, 2.45) is 0 Å². The van der Waals surface area contributed by atoms with Crippen molar-refractivity contribution in [1.29, 1.82) is 0 Å². The summed E-state index contributed by atoms with van der Waals surface area (Å²) in [7, 11) is 0. The standard InChI is InChI=1S/C19H11IO2/c20-17-18(21)14-10-4-6-12-7-5-11-15(16(12)14)19(17)22-13-8-2-1-3-9-13/h1-11H. The molecule has 0 radical (unpaired) electrons. The van der Waals surface area contributed by atoms with Gasteiger partial charge in [-0.15, -0.1) is 0 Å². The van der Waals surface area contributed by atoms with E-state index in [0.717, 1.165) is 27.6 Å². The molecule has 1 aliphatic carbocycles. The van der Waals surface area contributed by atoms with Crippen LogP contribution in [0, 0.1) is 0 Å². The number of halogens is 1.